The van der Waals surface area contributed by atoms with Gasteiger partial charge in [0.15, 0.2) is 0 Å². The summed E-state index contributed by atoms with van der Waals surface area (Å²) < 4.78 is 5.48. The smallest absolute Gasteiger partial charge is 0.305 e. The van der Waals surface area contributed by atoms with E-state index in [2.05, 4.69) is 67.8 Å². The van der Waals surface area contributed by atoms with Crippen LogP contribution in [-0.2, 0) is 14.3 Å². The molecular formula is C73H135NO5. The normalized spacial score (nSPS) is 12.9. The number of amides is 1. The number of nitrogens with one attached hydrogen (secondary N) is 1. The second kappa shape index (κ2) is 68.1. The van der Waals surface area contributed by atoms with Crippen molar-refractivity contribution < 1.29 is 24.5 Å². The Morgan fingerprint density at radius 1 is 0.354 bits per heavy atom. The van der Waals surface area contributed by atoms with Crippen molar-refractivity contribution in [1.29, 1.82) is 0 Å². The summed E-state index contributed by atoms with van der Waals surface area (Å²) in [5.41, 5.74) is 0. The summed E-state index contributed by atoms with van der Waals surface area (Å²) in [7, 11) is 0. The van der Waals surface area contributed by atoms with Crippen LogP contribution >= 0.6 is 0 Å². The highest BCUT2D eigenvalue weighted by atomic mass is 16.5. The number of aliphatic hydroxyl groups is 2. The van der Waals surface area contributed by atoms with E-state index < -0.39 is 12.1 Å². The van der Waals surface area contributed by atoms with E-state index in [1.165, 1.54) is 283 Å². The average molecular weight is 1110 g/mol. The van der Waals surface area contributed by atoms with Gasteiger partial charge in [0.05, 0.1) is 25.4 Å². The van der Waals surface area contributed by atoms with Crippen molar-refractivity contribution in [2.24, 2.45) is 0 Å². The van der Waals surface area contributed by atoms with Crippen LogP contribution in [0.2, 0.25) is 0 Å². The molecule has 462 valence electrons. The molecule has 0 heterocycles. The van der Waals surface area contributed by atoms with E-state index in [1.54, 1.807) is 6.08 Å². The highest BCUT2D eigenvalue weighted by Crippen LogP contribution is 2.18. The zero-order valence-electron chi connectivity index (χ0n) is 52.9. The van der Waals surface area contributed by atoms with Crippen molar-refractivity contribution in [3.63, 3.8) is 0 Å². The lowest BCUT2D eigenvalue weighted by molar-refractivity contribution is -0.143. The largest absolute Gasteiger partial charge is 0.466 e. The Morgan fingerprint density at radius 2 is 0.646 bits per heavy atom. The predicted octanol–water partition coefficient (Wildman–Crippen LogP) is 22.6. The van der Waals surface area contributed by atoms with Crippen LogP contribution in [0.15, 0.2) is 60.8 Å². The molecule has 0 aliphatic rings. The molecule has 0 fully saturated rings. The van der Waals surface area contributed by atoms with E-state index in [0.29, 0.717) is 19.4 Å². The summed E-state index contributed by atoms with van der Waals surface area (Å²) in [6.45, 7) is 4.84. The second-order valence-corrected chi connectivity index (χ2v) is 23.9. The predicted molar refractivity (Wildman–Crippen MR) is 347 cm³/mol. The Kier molecular flexibility index (Phi) is 66.0. The monoisotopic (exact) mass is 1110 g/mol. The first-order chi connectivity index (χ1) is 39.0. The lowest BCUT2D eigenvalue weighted by Crippen LogP contribution is -2.45. The standard InChI is InChI=1S/C73H135NO5/c1-3-5-7-9-11-13-14-15-44-47-51-55-59-63-67-73(78)79-68-64-60-56-52-48-45-42-40-38-36-34-32-30-28-26-24-22-20-18-16-17-19-21-23-25-27-29-31-33-35-37-39-41-43-46-50-54-58-62-66-72(77)74-70(69-75)71(76)65-61-57-53-49-12-10-8-6-4-2/h9,11,14-17,20,22,61,65,70-71,75-76H,3-8,10,12-13,18-19,21,23-60,62-64,66-69H2,1-2H3,(H,74,77)/b11-9-,15-14-,17-16-,22-20-,65-61+. The first kappa shape index (κ1) is 76.6. The molecule has 79 heavy (non-hydrogen) atoms. The van der Waals surface area contributed by atoms with Gasteiger partial charge >= 0.3 is 5.97 Å². The molecule has 0 aromatic rings. The molecule has 1 amide bonds. The first-order valence-corrected chi connectivity index (χ1v) is 35.1. The van der Waals surface area contributed by atoms with Gasteiger partial charge in [0.1, 0.15) is 0 Å². The quantitative estimate of drug-likeness (QED) is 0.0320. The molecule has 2 unspecified atom stereocenters. The molecule has 0 aliphatic carbocycles. The fourth-order valence-corrected chi connectivity index (χ4v) is 10.6. The lowest BCUT2D eigenvalue weighted by Gasteiger charge is -2.20. The molecule has 0 aliphatic heterocycles. The molecule has 0 saturated heterocycles. The van der Waals surface area contributed by atoms with Gasteiger partial charge in [0.25, 0.3) is 0 Å². The third kappa shape index (κ3) is 64.6. The van der Waals surface area contributed by atoms with Gasteiger partial charge in [-0.3, -0.25) is 9.59 Å². The maximum atomic E-state index is 12.4. The van der Waals surface area contributed by atoms with Crippen molar-refractivity contribution in [2.45, 2.75) is 379 Å². The van der Waals surface area contributed by atoms with Gasteiger partial charge in [-0.1, -0.05) is 325 Å². The molecule has 0 rings (SSSR count). The third-order valence-electron chi connectivity index (χ3n) is 16.0. The van der Waals surface area contributed by atoms with E-state index in [1.807, 2.05) is 6.08 Å². The van der Waals surface area contributed by atoms with Crippen LogP contribution in [0.4, 0.5) is 0 Å². The number of hydrogen-bond acceptors (Lipinski definition) is 5. The molecule has 0 saturated carbocycles. The van der Waals surface area contributed by atoms with Crippen molar-refractivity contribution in [1.82, 2.24) is 5.32 Å². The molecule has 2 atom stereocenters. The highest BCUT2D eigenvalue weighted by molar-refractivity contribution is 5.76. The maximum Gasteiger partial charge on any atom is 0.305 e. The number of hydrogen-bond donors (Lipinski definition) is 3. The topological polar surface area (TPSA) is 95.9 Å². The van der Waals surface area contributed by atoms with Crippen LogP contribution in [0.3, 0.4) is 0 Å². The third-order valence-corrected chi connectivity index (χ3v) is 16.0. The van der Waals surface area contributed by atoms with Crippen molar-refractivity contribution in [2.75, 3.05) is 13.2 Å². The van der Waals surface area contributed by atoms with Gasteiger partial charge in [-0.05, 0) is 89.9 Å². The number of aliphatic hydroxyl groups excluding tert-OH is 2. The van der Waals surface area contributed by atoms with Crippen LogP contribution in [0.25, 0.3) is 0 Å². The summed E-state index contributed by atoms with van der Waals surface area (Å²) in [5, 5.41) is 23.0. The fraction of sp³-hybridized carbons (Fsp3) is 0.836. The minimum Gasteiger partial charge on any atom is -0.466 e. The highest BCUT2D eigenvalue weighted by Gasteiger charge is 2.18. The van der Waals surface area contributed by atoms with Gasteiger partial charge in [-0.2, -0.15) is 0 Å². The summed E-state index contributed by atoms with van der Waals surface area (Å²) in [4.78, 5) is 24.5. The van der Waals surface area contributed by atoms with Crippen LogP contribution in [-0.4, -0.2) is 47.4 Å². The van der Waals surface area contributed by atoms with Crippen LogP contribution in [0.1, 0.15) is 367 Å². The molecule has 3 N–H and O–H groups in total. The van der Waals surface area contributed by atoms with E-state index in [0.717, 1.165) is 57.8 Å². The van der Waals surface area contributed by atoms with E-state index in [4.69, 9.17) is 4.74 Å². The number of carbonyl (C=O) groups excluding carboxylic acids is 2. The SMILES string of the molecule is CCCC/C=C\C/C=C\CCCCCCCC(=O)OCCCCCCCCCCCCCCCCC/C=C\C/C=C\CCCCCCCCCCCCCCCCCCCC(=O)NC(CO)C(O)/C=C/CCCCCCCCC. The number of unbranched alkanes of at least 4 members (excludes halogenated alkanes) is 46. The van der Waals surface area contributed by atoms with Gasteiger partial charge in [-0.25, -0.2) is 0 Å². The number of ether oxygens (including phenoxy) is 1. The van der Waals surface area contributed by atoms with E-state index in [9.17, 15) is 19.8 Å². The molecule has 0 aromatic carbocycles. The maximum absolute atomic E-state index is 12.4. The first-order valence-electron chi connectivity index (χ1n) is 35.1. The van der Waals surface area contributed by atoms with Gasteiger partial charge in [0, 0.05) is 12.8 Å². The van der Waals surface area contributed by atoms with Gasteiger partial charge < -0.3 is 20.3 Å². The molecule has 6 nitrogen and oxygen atoms in total. The number of esters is 1. The Hall–Kier alpha value is -2.44. The number of allylic oxidation sites excluding steroid dienone is 9. The van der Waals surface area contributed by atoms with Crippen molar-refractivity contribution >= 4 is 11.9 Å². The fourth-order valence-electron chi connectivity index (χ4n) is 10.6. The zero-order valence-corrected chi connectivity index (χ0v) is 52.9. The minimum atomic E-state index is -0.840. The van der Waals surface area contributed by atoms with E-state index in [-0.39, 0.29) is 18.5 Å². The minimum absolute atomic E-state index is 0.00509. The summed E-state index contributed by atoms with van der Waals surface area (Å²) in [6, 6.07) is -0.624. The molecular weight excluding hydrogens is 971 g/mol. The van der Waals surface area contributed by atoms with Gasteiger partial charge in [0.2, 0.25) is 5.91 Å². The van der Waals surface area contributed by atoms with E-state index >= 15 is 0 Å². The summed E-state index contributed by atoms with van der Waals surface area (Å²) in [5.74, 6) is -0.0620. The number of carbonyl (C=O) groups is 2. The second-order valence-electron chi connectivity index (χ2n) is 23.9. The molecule has 0 bridgehead atoms. The zero-order chi connectivity index (χ0) is 57.1. The lowest BCUT2D eigenvalue weighted by atomic mass is 10.0. The molecule has 6 heteroatoms. The number of rotatable bonds is 65. The van der Waals surface area contributed by atoms with Gasteiger partial charge in [-0.15, -0.1) is 0 Å². The Bertz CT molecular complexity index is 1370. The van der Waals surface area contributed by atoms with Crippen molar-refractivity contribution in [3.05, 3.63) is 60.8 Å². The van der Waals surface area contributed by atoms with Crippen LogP contribution in [0, 0.1) is 0 Å². The Balaban J connectivity index is 3.34. The summed E-state index contributed by atoms with van der Waals surface area (Å²) in [6.07, 6.45) is 90.4. The summed E-state index contributed by atoms with van der Waals surface area (Å²) >= 11 is 0. The average Bonchev–Trinajstić information content (AvgIpc) is 3.45. The van der Waals surface area contributed by atoms with Crippen molar-refractivity contribution in [3.8, 4) is 0 Å². The van der Waals surface area contributed by atoms with Crippen LogP contribution < -0.4 is 5.32 Å². The van der Waals surface area contributed by atoms with Crippen LogP contribution in [0.5, 0.6) is 0 Å². The molecule has 0 aromatic heterocycles. The Labute approximate surface area is 492 Å². The molecule has 0 spiro atoms. The molecule has 0 radical (unpaired) electrons. The Morgan fingerprint density at radius 3 is 1.00 bits per heavy atom.